The summed E-state index contributed by atoms with van der Waals surface area (Å²) in [5.41, 5.74) is 2.68. The molecule has 1 aliphatic heterocycles. The fraction of sp³-hybridized carbons (Fsp3) is 0.400. The molecule has 9 nitrogen and oxygen atoms in total. The van der Waals surface area contributed by atoms with Crippen LogP contribution in [0.5, 0.6) is 0 Å². The number of aromatic nitrogens is 1. The largest absolute Gasteiger partial charge is 0.419 e. The van der Waals surface area contributed by atoms with Gasteiger partial charge in [-0.05, 0) is 41.8 Å². The summed E-state index contributed by atoms with van der Waals surface area (Å²) in [6.07, 6.45) is -0.903. The second-order valence-corrected chi connectivity index (χ2v) is 8.37. The second-order valence-electron chi connectivity index (χ2n) is 8.37. The summed E-state index contributed by atoms with van der Waals surface area (Å²) in [7, 11) is 1.60. The van der Waals surface area contributed by atoms with Gasteiger partial charge in [0.15, 0.2) is 5.58 Å². The van der Waals surface area contributed by atoms with Crippen molar-refractivity contribution in [3.8, 4) is 17.2 Å². The van der Waals surface area contributed by atoms with Gasteiger partial charge in [-0.3, -0.25) is 9.36 Å². The lowest BCUT2D eigenvalue weighted by molar-refractivity contribution is -0.134. The van der Waals surface area contributed by atoms with Crippen molar-refractivity contribution in [2.24, 2.45) is 7.05 Å². The van der Waals surface area contributed by atoms with Gasteiger partial charge in [0.05, 0.1) is 24.3 Å². The molecule has 184 valence electrons. The normalized spacial score (nSPS) is 19.1. The molecule has 1 saturated heterocycles. The van der Waals surface area contributed by atoms with Gasteiger partial charge in [0.2, 0.25) is 0 Å². The van der Waals surface area contributed by atoms with Crippen molar-refractivity contribution in [3.63, 3.8) is 0 Å². The van der Waals surface area contributed by atoms with Gasteiger partial charge in [-0.1, -0.05) is 18.2 Å². The molecule has 10 heteroatoms. The Balaban J connectivity index is 1.43. The van der Waals surface area contributed by atoms with E-state index in [1.54, 1.807) is 37.4 Å². The quantitative estimate of drug-likeness (QED) is 0.528. The number of halogens is 1. The topological polar surface area (TPSA) is 119 Å². The molecule has 0 bridgehead atoms. The molecule has 1 aromatic heterocycles. The van der Waals surface area contributed by atoms with Crippen LogP contribution in [0.25, 0.3) is 22.2 Å². The first-order valence-corrected chi connectivity index (χ1v) is 11.4. The van der Waals surface area contributed by atoms with E-state index >= 15 is 0 Å². The second kappa shape index (κ2) is 10.8. The predicted octanol–water partition coefficient (Wildman–Crippen LogP) is 1.88. The molecular formula is C25H27FN4O5. The van der Waals surface area contributed by atoms with Crippen LogP contribution in [0.15, 0.2) is 45.6 Å². The number of ether oxygens (including phenoxy) is 2. The molecule has 3 aromatic rings. The number of rotatable bonds is 7. The molecule has 35 heavy (non-hydrogen) atoms. The third-order valence-electron chi connectivity index (χ3n) is 5.95. The van der Waals surface area contributed by atoms with Crippen LogP contribution in [-0.4, -0.2) is 55.0 Å². The van der Waals surface area contributed by atoms with E-state index in [1.807, 2.05) is 13.0 Å². The lowest BCUT2D eigenvalue weighted by atomic mass is 10.00. The van der Waals surface area contributed by atoms with Crippen LogP contribution in [0.2, 0.25) is 0 Å². The Morgan fingerprint density at radius 2 is 2.09 bits per heavy atom. The summed E-state index contributed by atoms with van der Waals surface area (Å²) < 4.78 is 32.6. The summed E-state index contributed by atoms with van der Waals surface area (Å²) in [5.74, 6) is -1.40. The van der Waals surface area contributed by atoms with Gasteiger partial charge < -0.3 is 24.5 Å². The minimum Gasteiger partial charge on any atom is -0.408 e. The van der Waals surface area contributed by atoms with Gasteiger partial charge in [-0.25, -0.2) is 9.18 Å². The van der Waals surface area contributed by atoms with E-state index in [0.717, 1.165) is 0 Å². The highest BCUT2D eigenvalue weighted by molar-refractivity contribution is 5.82. The third kappa shape index (κ3) is 5.59. The molecule has 0 aliphatic carbocycles. The smallest absolute Gasteiger partial charge is 0.408 e. The molecule has 1 fully saturated rings. The molecule has 2 N–H and O–H groups in total. The Bertz CT molecular complexity index is 1310. The fourth-order valence-corrected chi connectivity index (χ4v) is 4.04. The molecule has 1 unspecified atom stereocenters. The molecule has 1 aliphatic rings. The third-order valence-corrected chi connectivity index (χ3v) is 5.95. The van der Waals surface area contributed by atoms with Gasteiger partial charge in [0, 0.05) is 33.2 Å². The number of fused-ring (bicyclic) bond motifs is 1. The number of aryl methyl sites for hydroxylation is 1. The van der Waals surface area contributed by atoms with Crippen molar-refractivity contribution in [2.75, 3.05) is 26.3 Å². The number of benzene rings is 2. The highest BCUT2D eigenvalue weighted by Crippen LogP contribution is 2.26. The number of carbonyl (C=O) groups is 1. The zero-order valence-electron chi connectivity index (χ0n) is 19.5. The van der Waals surface area contributed by atoms with Gasteiger partial charge in [-0.2, -0.15) is 5.26 Å². The summed E-state index contributed by atoms with van der Waals surface area (Å²) >= 11 is 0. The molecule has 3 atom stereocenters. The highest BCUT2D eigenvalue weighted by atomic mass is 19.1. The van der Waals surface area contributed by atoms with E-state index in [2.05, 4.69) is 10.6 Å². The monoisotopic (exact) mass is 482 g/mol. The Kier molecular flexibility index (Phi) is 7.60. The SMILES string of the molecule is CCO[C@@H]1CNC[C@@H](C(=O)NC(C#N)Cc2ccc(-c3ccc4oc(=O)n(C)c4c3)cc2F)OC1. The Labute approximate surface area is 201 Å². The maximum absolute atomic E-state index is 14.9. The molecule has 4 rings (SSSR count). The molecule has 2 aromatic carbocycles. The van der Waals surface area contributed by atoms with Gasteiger partial charge >= 0.3 is 5.76 Å². The maximum Gasteiger partial charge on any atom is 0.419 e. The number of nitrogens with one attached hydrogen (secondary N) is 2. The zero-order chi connectivity index (χ0) is 24.9. The molecule has 0 radical (unpaired) electrons. The van der Waals surface area contributed by atoms with Crippen LogP contribution in [0.4, 0.5) is 4.39 Å². The number of oxazole rings is 1. The minimum absolute atomic E-state index is 0.00530. The molecule has 2 heterocycles. The van der Waals surface area contributed by atoms with E-state index in [0.29, 0.717) is 47.5 Å². The van der Waals surface area contributed by atoms with E-state index in [-0.39, 0.29) is 19.1 Å². The standard InChI is InChI=1S/C25H27FN4O5/c1-3-33-19-12-28-13-23(34-14-19)24(31)29-18(11-27)8-17-5-4-15(9-20(17)26)16-6-7-22-21(10-16)30(2)25(32)35-22/h4-7,9-10,18-19,23,28H,3,8,12-14H2,1-2H3,(H,29,31)/t18?,19-,23+/m1/s1. The number of hydrogen-bond acceptors (Lipinski definition) is 7. The molecule has 0 saturated carbocycles. The number of carbonyl (C=O) groups excluding carboxylic acids is 1. The number of amides is 1. The number of nitrogens with zero attached hydrogens (tertiary/aromatic N) is 2. The molecular weight excluding hydrogens is 455 g/mol. The van der Waals surface area contributed by atoms with Crippen LogP contribution < -0.4 is 16.4 Å². The Hall–Kier alpha value is -3.52. The Morgan fingerprint density at radius 1 is 1.31 bits per heavy atom. The van der Waals surface area contributed by atoms with Crippen LogP contribution in [0.1, 0.15) is 12.5 Å². The summed E-state index contributed by atoms with van der Waals surface area (Å²) in [6.45, 7) is 3.57. The lowest BCUT2D eigenvalue weighted by Gasteiger charge is -2.18. The van der Waals surface area contributed by atoms with Gasteiger partial charge in [0.1, 0.15) is 18.0 Å². The highest BCUT2D eigenvalue weighted by Gasteiger charge is 2.27. The first-order chi connectivity index (χ1) is 16.9. The molecule has 1 amide bonds. The first kappa shape index (κ1) is 24.6. The van der Waals surface area contributed by atoms with E-state index in [1.165, 1.54) is 10.6 Å². The number of hydrogen-bond donors (Lipinski definition) is 2. The van der Waals surface area contributed by atoms with Gasteiger partial charge in [0.25, 0.3) is 5.91 Å². The van der Waals surface area contributed by atoms with Crippen molar-refractivity contribution < 1.29 is 23.1 Å². The maximum atomic E-state index is 14.9. The summed E-state index contributed by atoms with van der Waals surface area (Å²) in [4.78, 5) is 24.4. The van der Waals surface area contributed by atoms with E-state index in [9.17, 15) is 19.2 Å². The van der Waals surface area contributed by atoms with Crippen molar-refractivity contribution >= 4 is 17.0 Å². The van der Waals surface area contributed by atoms with Crippen molar-refractivity contribution in [1.29, 1.82) is 5.26 Å². The summed E-state index contributed by atoms with van der Waals surface area (Å²) in [5, 5.41) is 15.3. The molecule has 0 spiro atoms. The van der Waals surface area contributed by atoms with E-state index < -0.39 is 29.6 Å². The first-order valence-electron chi connectivity index (χ1n) is 11.4. The zero-order valence-corrected chi connectivity index (χ0v) is 19.5. The number of nitriles is 1. The van der Waals surface area contributed by atoms with Crippen LogP contribution in [0, 0.1) is 17.1 Å². The Morgan fingerprint density at radius 3 is 2.83 bits per heavy atom. The average Bonchev–Trinajstić information content (AvgIpc) is 3.00. The van der Waals surface area contributed by atoms with Gasteiger partial charge in [-0.15, -0.1) is 0 Å². The van der Waals surface area contributed by atoms with E-state index in [4.69, 9.17) is 13.9 Å². The van der Waals surface area contributed by atoms with Crippen LogP contribution >= 0.6 is 0 Å². The predicted molar refractivity (Wildman–Crippen MR) is 126 cm³/mol. The van der Waals surface area contributed by atoms with Crippen LogP contribution in [-0.2, 0) is 27.7 Å². The van der Waals surface area contributed by atoms with Crippen molar-refractivity contribution in [3.05, 3.63) is 58.3 Å². The van der Waals surface area contributed by atoms with Crippen molar-refractivity contribution in [2.45, 2.75) is 31.6 Å². The lowest BCUT2D eigenvalue weighted by Crippen LogP contribution is -2.46. The minimum atomic E-state index is -0.922. The van der Waals surface area contributed by atoms with Crippen LogP contribution in [0.3, 0.4) is 0 Å². The fourth-order valence-electron chi connectivity index (χ4n) is 4.04. The average molecular weight is 483 g/mol. The van der Waals surface area contributed by atoms with Crippen molar-refractivity contribution in [1.82, 2.24) is 15.2 Å². The summed E-state index contributed by atoms with van der Waals surface area (Å²) in [6, 6.07) is 11.0.